The number of rotatable bonds is 4. The minimum absolute atomic E-state index is 0.108. The number of nitrogens with zero attached hydrogens (tertiary/aromatic N) is 5. The van der Waals surface area contributed by atoms with E-state index in [1.165, 1.54) is 16.8 Å². The molecule has 1 N–H and O–H groups in total. The van der Waals surface area contributed by atoms with Crippen molar-refractivity contribution in [3.63, 3.8) is 0 Å². The van der Waals surface area contributed by atoms with Crippen LogP contribution in [0.3, 0.4) is 0 Å². The third-order valence-electron chi connectivity index (χ3n) is 3.35. The average Bonchev–Trinajstić information content (AvgIpc) is 3.05. The highest BCUT2D eigenvalue weighted by atomic mass is 19.1. The third kappa shape index (κ3) is 2.80. The van der Waals surface area contributed by atoms with Crippen molar-refractivity contribution in [3.05, 3.63) is 42.2 Å². The van der Waals surface area contributed by atoms with Crippen molar-refractivity contribution < 1.29 is 13.7 Å². The second kappa shape index (κ2) is 5.27. The van der Waals surface area contributed by atoms with Gasteiger partial charge in [0.1, 0.15) is 5.82 Å². The zero-order valence-corrected chi connectivity index (χ0v) is 11.8. The van der Waals surface area contributed by atoms with Crippen LogP contribution in [0.1, 0.15) is 23.5 Å². The lowest BCUT2D eigenvalue weighted by atomic mass is 10.3. The summed E-state index contributed by atoms with van der Waals surface area (Å²) in [5, 5.41) is 14.4. The number of halogens is 1. The summed E-state index contributed by atoms with van der Waals surface area (Å²) in [4.78, 5) is 15.8. The normalized spacial score (nSPS) is 14.0. The molecule has 1 amide bonds. The Bertz CT molecular complexity index is 852. The Morgan fingerprint density at radius 2 is 2.09 bits per heavy atom. The lowest BCUT2D eigenvalue weighted by Gasteiger charge is -1.97. The molecule has 2 heterocycles. The van der Waals surface area contributed by atoms with E-state index < -0.39 is 5.91 Å². The first-order valence-corrected chi connectivity index (χ1v) is 7.02. The molecule has 0 radical (unpaired) electrons. The lowest BCUT2D eigenvalue weighted by Crippen LogP contribution is -2.25. The fraction of sp³-hybridized carbons (Fsp3) is 0.214. The smallest absolute Gasteiger partial charge is 0.316 e. The maximum atomic E-state index is 12.9. The van der Waals surface area contributed by atoms with Crippen LogP contribution in [0.25, 0.3) is 17.2 Å². The Morgan fingerprint density at radius 3 is 2.83 bits per heavy atom. The molecule has 1 aliphatic carbocycles. The molecule has 0 unspecified atom stereocenters. The Hall–Kier alpha value is -3.10. The third-order valence-corrected chi connectivity index (χ3v) is 3.35. The van der Waals surface area contributed by atoms with Gasteiger partial charge in [-0.3, -0.25) is 4.79 Å². The first kappa shape index (κ1) is 13.6. The monoisotopic (exact) mass is 314 g/mol. The molecule has 1 fully saturated rings. The van der Waals surface area contributed by atoms with Gasteiger partial charge in [-0.05, 0) is 37.1 Å². The van der Waals surface area contributed by atoms with Gasteiger partial charge in [-0.25, -0.2) is 9.07 Å². The first-order valence-electron chi connectivity index (χ1n) is 7.02. The Kier molecular flexibility index (Phi) is 3.11. The molecule has 8 nitrogen and oxygen atoms in total. The largest absolute Gasteiger partial charge is 0.345 e. The van der Waals surface area contributed by atoms with E-state index >= 15 is 0 Å². The van der Waals surface area contributed by atoms with Crippen LogP contribution in [0, 0.1) is 5.82 Å². The minimum atomic E-state index is -0.392. The number of hydrogen-bond donors (Lipinski definition) is 1. The van der Waals surface area contributed by atoms with Crippen LogP contribution >= 0.6 is 0 Å². The van der Waals surface area contributed by atoms with Crippen molar-refractivity contribution in [2.24, 2.45) is 0 Å². The van der Waals surface area contributed by atoms with Crippen molar-refractivity contribution in [1.82, 2.24) is 30.5 Å². The Labute approximate surface area is 129 Å². The summed E-state index contributed by atoms with van der Waals surface area (Å²) in [6.45, 7) is 0. The van der Waals surface area contributed by atoms with E-state index in [1.807, 2.05) is 0 Å². The van der Waals surface area contributed by atoms with Gasteiger partial charge in [0, 0.05) is 6.04 Å². The zero-order valence-electron chi connectivity index (χ0n) is 11.8. The fourth-order valence-electron chi connectivity index (χ4n) is 1.98. The molecule has 1 saturated carbocycles. The zero-order chi connectivity index (χ0) is 15.8. The average molecular weight is 314 g/mol. The highest BCUT2D eigenvalue weighted by Gasteiger charge is 2.27. The highest BCUT2D eigenvalue weighted by molar-refractivity contribution is 5.90. The van der Waals surface area contributed by atoms with Crippen molar-refractivity contribution in [3.8, 4) is 17.2 Å². The van der Waals surface area contributed by atoms with E-state index in [0.717, 1.165) is 12.8 Å². The minimum Gasteiger partial charge on any atom is -0.345 e. The summed E-state index contributed by atoms with van der Waals surface area (Å²) in [5.41, 5.74) is 0.990. The van der Waals surface area contributed by atoms with Gasteiger partial charge >= 0.3 is 11.8 Å². The SMILES string of the molecule is O=C(NC1CC1)c1nc(-c2cn(-c3ccc(F)cc3)nn2)no1. The van der Waals surface area contributed by atoms with Crippen molar-refractivity contribution >= 4 is 5.91 Å². The van der Waals surface area contributed by atoms with E-state index in [-0.39, 0.29) is 23.6 Å². The van der Waals surface area contributed by atoms with E-state index in [9.17, 15) is 9.18 Å². The highest BCUT2D eigenvalue weighted by Crippen LogP contribution is 2.20. The van der Waals surface area contributed by atoms with Crippen LogP contribution in [0.5, 0.6) is 0 Å². The summed E-state index contributed by atoms with van der Waals surface area (Å²) in [5.74, 6) is -0.668. The number of amides is 1. The maximum Gasteiger partial charge on any atom is 0.316 e. The van der Waals surface area contributed by atoms with Crippen LogP contribution in [0.15, 0.2) is 35.0 Å². The fourth-order valence-corrected chi connectivity index (χ4v) is 1.98. The number of aromatic nitrogens is 5. The quantitative estimate of drug-likeness (QED) is 0.780. The second-order valence-corrected chi connectivity index (χ2v) is 5.20. The predicted molar refractivity (Wildman–Crippen MR) is 75.1 cm³/mol. The molecule has 1 aromatic carbocycles. The summed E-state index contributed by atoms with van der Waals surface area (Å²) in [6, 6.07) is 5.99. The van der Waals surface area contributed by atoms with Gasteiger partial charge < -0.3 is 9.84 Å². The van der Waals surface area contributed by atoms with Crippen LogP contribution in [0.4, 0.5) is 4.39 Å². The van der Waals surface area contributed by atoms with Gasteiger partial charge in [0.05, 0.1) is 11.9 Å². The first-order chi connectivity index (χ1) is 11.2. The number of carbonyl (C=O) groups is 1. The number of carbonyl (C=O) groups excluding carboxylic acids is 1. The van der Waals surface area contributed by atoms with Gasteiger partial charge in [-0.15, -0.1) is 5.10 Å². The Balaban J connectivity index is 1.55. The van der Waals surface area contributed by atoms with Gasteiger partial charge in [0.15, 0.2) is 5.69 Å². The number of benzene rings is 1. The molecule has 0 aliphatic heterocycles. The van der Waals surface area contributed by atoms with Crippen LogP contribution in [-0.2, 0) is 0 Å². The molecule has 0 spiro atoms. The van der Waals surface area contributed by atoms with Gasteiger partial charge in [-0.2, -0.15) is 4.98 Å². The molecule has 116 valence electrons. The number of hydrogen-bond acceptors (Lipinski definition) is 6. The van der Waals surface area contributed by atoms with Gasteiger partial charge in [0.25, 0.3) is 0 Å². The molecule has 9 heteroatoms. The molecule has 3 aromatic rings. The van der Waals surface area contributed by atoms with Gasteiger partial charge in [0.2, 0.25) is 5.82 Å². The molecule has 0 bridgehead atoms. The summed E-state index contributed by atoms with van der Waals surface area (Å²) < 4.78 is 19.3. The second-order valence-electron chi connectivity index (χ2n) is 5.20. The van der Waals surface area contributed by atoms with Crippen molar-refractivity contribution in [1.29, 1.82) is 0 Å². The van der Waals surface area contributed by atoms with E-state index in [4.69, 9.17) is 4.52 Å². The summed E-state index contributed by atoms with van der Waals surface area (Å²) >= 11 is 0. The lowest BCUT2D eigenvalue weighted by molar-refractivity contribution is 0.0907. The predicted octanol–water partition coefficient (Wildman–Crippen LogP) is 1.35. The summed E-state index contributed by atoms with van der Waals surface area (Å²) in [6.07, 6.45) is 3.51. The van der Waals surface area contributed by atoms with Crippen molar-refractivity contribution in [2.45, 2.75) is 18.9 Å². The molecule has 23 heavy (non-hydrogen) atoms. The molecular formula is C14H11FN6O2. The Morgan fingerprint density at radius 1 is 1.30 bits per heavy atom. The van der Waals surface area contributed by atoms with E-state index in [1.54, 1.807) is 18.3 Å². The molecular weight excluding hydrogens is 303 g/mol. The standard InChI is InChI=1S/C14H11FN6O2/c15-8-1-5-10(6-2-8)21-7-11(18-20-21)12-17-14(23-19-12)13(22)16-9-3-4-9/h1-2,5-7,9H,3-4H2,(H,16,22). The number of nitrogens with one attached hydrogen (secondary N) is 1. The topological polar surface area (TPSA) is 98.7 Å². The molecule has 1 aliphatic rings. The summed E-state index contributed by atoms with van der Waals surface area (Å²) in [7, 11) is 0. The van der Waals surface area contributed by atoms with Gasteiger partial charge in [-0.1, -0.05) is 10.4 Å². The van der Waals surface area contributed by atoms with E-state index in [2.05, 4.69) is 25.8 Å². The molecule has 4 rings (SSSR count). The molecule has 2 aromatic heterocycles. The molecule has 0 atom stereocenters. The van der Waals surface area contributed by atoms with Crippen LogP contribution in [0.2, 0.25) is 0 Å². The maximum absolute atomic E-state index is 12.9. The van der Waals surface area contributed by atoms with E-state index in [0.29, 0.717) is 11.4 Å². The van der Waals surface area contributed by atoms with Crippen molar-refractivity contribution in [2.75, 3.05) is 0 Å². The van der Waals surface area contributed by atoms with Crippen LogP contribution in [-0.4, -0.2) is 37.1 Å². The molecule has 0 saturated heterocycles. The van der Waals surface area contributed by atoms with Crippen LogP contribution < -0.4 is 5.32 Å².